The molecule has 1 fully saturated rings. The summed E-state index contributed by atoms with van der Waals surface area (Å²) in [5, 5.41) is 0. The molecule has 0 heterocycles. The van der Waals surface area contributed by atoms with E-state index in [1.54, 1.807) is 5.56 Å². The summed E-state index contributed by atoms with van der Waals surface area (Å²) in [5.41, 5.74) is 3.03. The van der Waals surface area contributed by atoms with E-state index in [0.29, 0.717) is 0 Å². The van der Waals surface area contributed by atoms with E-state index in [0.717, 1.165) is 17.8 Å². The lowest BCUT2D eigenvalue weighted by Gasteiger charge is -2.25. The van der Waals surface area contributed by atoms with Crippen LogP contribution in [0.2, 0.25) is 0 Å². The second-order valence-corrected chi connectivity index (χ2v) is 4.73. The van der Waals surface area contributed by atoms with Gasteiger partial charge in [-0.2, -0.15) is 0 Å². The molecule has 2 aliphatic rings. The Kier molecular flexibility index (Phi) is 1.76. The van der Waals surface area contributed by atoms with Crippen molar-refractivity contribution < 1.29 is 0 Å². The molecule has 1 saturated carbocycles. The molecule has 2 aliphatic carbocycles. The highest BCUT2D eigenvalue weighted by molar-refractivity contribution is 5.58. The lowest BCUT2D eigenvalue weighted by Crippen LogP contribution is -2.13. The van der Waals surface area contributed by atoms with Crippen molar-refractivity contribution in [3.8, 4) is 0 Å². The Morgan fingerprint density at radius 1 is 1.14 bits per heavy atom. The highest BCUT2D eigenvalue weighted by Crippen LogP contribution is 2.47. The maximum Gasteiger partial charge on any atom is -0.00903 e. The van der Waals surface area contributed by atoms with Crippen LogP contribution in [0.3, 0.4) is 0 Å². The number of hydrogen-bond donors (Lipinski definition) is 0. The minimum atomic E-state index is 0.810. The lowest BCUT2D eigenvalue weighted by molar-refractivity contribution is 0.469. The Morgan fingerprint density at radius 3 is 2.93 bits per heavy atom. The molecule has 1 aromatic carbocycles. The van der Waals surface area contributed by atoms with E-state index in [4.69, 9.17) is 0 Å². The normalized spacial score (nSPS) is 33.9. The van der Waals surface area contributed by atoms with Crippen LogP contribution in [-0.2, 0) is 0 Å². The Balaban J connectivity index is 2.09. The molecule has 14 heavy (non-hydrogen) atoms. The van der Waals surface area contributed by atoms with E-state index in [-0.39, 0.29) is 0 Å². The standard InChI is InChI=1S/C14H16/c1-10-6-8-14-12(10)9-7-11-4-2-3-5-13(11)14/h2-5,7,9-10,12,14H,6,8H2,1H3/t10-,12?,14?/m1/s1. The summed E-state index contributed by atoms with van der Waals surface area (Å²) in [6.07, 6.45) is 7.53. The molecule has 3 rings (SSSR count). The van der Waals surface area contributed by atoms with Crippen LogP contribution in [0.15, 0.2) is 30.3 Å². The first kappa shape index (κ1) is 8.28. The van der Waals surface area contributed by atoms with Crippen LogP contribution in [-0.4, -0.2) is 0 Å². The molecule has 0 nitrogen and oxygen atoms in total. The third-order valence-electron chi connectivity index (χ3n) is 3.95. The number of rotatable bonds is 0. The molecule has 72 valence electrons. The van der Waals surface area contributed by atoms with Gasteiger partial charge in [0.1, 0.15) is 0 Å². The van der Waals surface area contributed by atoms with Gasteiger partial charge in [-0.05, 0) is 41.7 Å². The van der Waals surface area contributed by atoms with Crippen LogP contribution in [0.4, 0.5) is 0 Å². The van der Waals surface area contributed by atoms with Gasteiger partial charge in [0.15, 0.2) is 0 Å². The van der Waals surface area contributed by atoms with Crippen molar-refractivity contribution >= 4 is 6.08 Å². The van der Waals surface area contributed by atoms with Gasteiger partial charge in [-0.3, -0.25) is 0 Å². The third kappa shape index (κ3) is 1.06. The van der Waals surface area contributed by atoms with E-state index in [9.17, 15) is 0 Å². The van der Waals surface area contributed by atoms with E-state index in [2.05, 4.69) is 43.3 Å². The Hall–Kier alpha value is -1.04. The molecular weight excluding hydrogens is 168 g/mol. The maximum absolute atomic E-state index is 2.44. The monoisotopic (exact) mass is 184 g/mol. The van der Waals surface area contributed by atoms with Crippen LogP contribution in [0.1, 0.15) is 36.8 Å². The minimum Gasteiger partial charge on any atom is -0.0799 e. The van der Waals surface area contributed by atoms with Gasteiger partial charge >= 0.3 is 0 Å². The molecule has 1 aromatic rings. The fourth-order valence-corrected chi connectivity index (χ4v) is 3.13. The van der Waals surface area contributed by atoms with Crippen LogP contribution < -0.4 is 0 Å². The zero-order valence-electron chi connectivity index (χ0n) is 8.61. The summed E-state index contributed by atoms with van der Waals surface area (Å²) in [5.74, 6) is 2.50. The zero-order chi connectivity index (χ0) is 9.54. The number of fused-ring (bicyclic) bond motifs is 3. The smallest absolute Gasteiger partial charge is 0.00903 e. The Bertz CT molecular complexity index is 375. The van der Waals surface area contributed by atoms with Crippen molar-refractivity contribution in [1.29, 1.82) is 0 Å². The van der Waals surface area contributed by atoms with Gasteiger partial charge in [-0.1, -0.05) is 43.3 Å². The summed E-state index contributed by atoms with van der Waals surface area (Å²) in [6.45, 7) is 2.39. The summed E-state index contributed by atoms with van der Waals surface area (Å²) in [7, 11) is 0. The first-order chi connectivity index (χ1) is 6.86. The molecule has 0 aliphatic heterocycles. The van der Waals surface area contributed by atoms with Gasteiger partial charge in [0.05, 0.1) is 0 Å². The second-order valence-electron chi connectivity index (χ2n) is 4.73. The van der Waals surface area contributed by atoms with Crippen LogP contribution in [0.25, 0.3) is 6.08 Å². The van der Waals surface area contributed by atoms with Gasteiger partial charge in [0.25, 0.3) is 0 Å². The summed E-state index contributed by atoms with van der Waals surface area (Å²) in [6, 6.07) is 8.87. The van der Waals surface area contributed by atoms with Crippen molar-refractivity contribution in [3.05, 3.63) is 41.5 Å². The van der Waals surface area contributed by atoms with Gasteiger partial charge in [0.2, 0.25) is 0 Å². The molecule has 0 aromatic heterocycles. The third-order valence-corrected chi connectivity index (χ3v) is 3.95. The Morgan fingerprint density at radius 2 is 2.00 bits per heavy atom. The van der Waals surface area contributed by atoms with Gasteiger partial charge in [-0.15, -0.1) is 0 Å². The first-order valence-corrected chi connectivity index (χ1v) is 5.63. The number of allylic oxidation sites excluding steroid dienone is 1. The largest absolute Gasteiger partial charge is 0.0799 e. The summed E-state index contributed by atoms with van der Waals surface area (Å²) in [4.78, 5) is 0. The molecule has 0 saturated heterocycles. The maximum atomic E-state index is 2.44. The summed E-state index contributed by atoms with van der Waals surface area (Å²) >= 11 is 0. The van der Waals surface area contributed by atoms with E-state index in [1.807, 2.05) is 0 Å². The minimum absolute atomic E-state index is 0.810. The second kappa shape index (κ2) is 2.98. The SMILES string of the molecule is C[C@@H]1CCC2c3ccccc3C=CC21. The van der Waals surface area contributed by atoms with Gasteiger partial charge in [-0.25, -0.2) is 0 Å². The van der Waals surface area contributed by atoms with Crippen molar-refractivity contribution in [1.82, 2.24) is 0 Å². The predicted octanol–water partition coefficient (Wildman–Crippen LogP) is 3.84. The molecule has 0 amide bonds. The number of hydrogen-bond acceptors (Lipinski definition) is 0. The predicted molar refractivity (Wildman–Crippen MR) is 60.1 cm³/mol. The molecule has 0 radical (unpaired) electrons. The molecule has 0 spiro atoms. The molecule has 0 bridgehead atoms. The molecular formula is C14H16. The van der Waals surface area contributed by atoms with Crippen molar-refractivity contribution in [2.75, 3.05) is 0 Å². The molecule has 0 N–H and O–H groups in total. The topological polar surface area (TPSA) is 0 Å². The van der Waals surface area contributed by atoms with Crippen LogP contribution in [0, 0.1) is 11.8 Å². The van der Waals surface area contributed by atoms with E-state index < -0.39 is 0 Å². The average Bonchev–Trinajstić information content (AvgIpc) is 2.61. The number of benzene rings is 1. The fourth-order valence-electron chi connectivity index (χ4n) is 3.13. The van der Waals surface area contributed by atoms with Crippen molar-refractivity contribution in [2.45, 2.75) is 25.7 Å². The highest BCUT2D eigenvalue weighted by Gasteiger charge is 2.34. The van der Waals surface area contributed by atoms with Gasteiger partial charge < -0.3 is 0 Å². The first-order valence-electron chi connectivity index (χ1n) is 5.63. The highest BCUT2D eigenvalue weighted by atomic mass is 14.4. The van der Waals surface area contributed by atoms with Crippen LogP contribution in [0.5, 0.6) is 0 Å². The fraction of sp³-hybridized carbons (Fsp3) is 0.429. The van der Waals surface area contributed by atoms with Crippen molar-refractivity contribution in [2.24, 2.45) is 11.8 Å². The Labute approximate surface area is 85.6 Å². The van der Waals surface area contributed by atoms with Gasteiger partial charge in [0, 0.05) is 0 Å². The molecule has 2 unspecified atom stereocenters. The molecule has 0 heteroatoms. The quantitative estimate of drug-likeness (QED) is 0.574. The average molecular weight is 184 g/mol. The lowest BCUT2D eigenvalue weighted by atomic mass is 9.79. The van der Waals surface area contributed by atoms with E-state index >= 15 is 0 Å². The zero-order valence-corrected chi connectivity index (χ0v) is 8.61. The van der Waals surface area contributed by atoms with Crippen molar-refractivity contribution in [3.63, 3.8) is 0 Å². The molecule has 3 atom stereocenters. The van der Waals surface area contributed by atoms with E-state index in [1.165, 1.54) is 18.4 Å². The van der Waals surface area contributed by atoms with Crippen LogP contribution >= 0.6 is 0 Å². The summed E-state index contributed by atoms with van der Waals surface area (Å²) < 4.78 is 0.